The van der Waals surface area contributed by atoms with Gasteiger partial charge in [0.15, 0.2) is 0 Å². The van der Waals surface area contributed by atoms with Gasteiger partial charge < -0.3 is 5.11 Å². The fourth-order valence-corrected chi connectivity index (χ4v) is 3.81. The Morgan fingerprint density at radius 3 is 1.71 bits per heavy atom. The van der Waals surface area contributed by atoms with Gasteiger partial charge in [0.05, 0.1) is 47.9 Å². The van der Waals surface area contributed by atoms with E-state index in [9.17, 15) is 9.90 Å². The molecule has 144 valence electrons. The number of hydrogen-bond donors (Lipinski definition) is 1. The zero-order valence-electron chi connectivity index (χ0n) is 13.7. The standard InChI is InChI=1S/C19H9Cl6NO2/c20-11-3-8(4-12(21)18(11)24)10-1-2-15(26-16(10)7-17(27)28)9-5-13(22)19(25)14(23)6-9/h1-6H,7H2,(H,27,28). The molecule has 0 bridgehead atoms. The average molecular weight is 496 g/mol. The van der Waals surface area contributed by atoms with Crippen molar-refractivity contribution < 1.29 is 9.90 Å². The number of pyridine rings is 1. The Morgan fingerprint density at radius 1 is 0.786 bits per heavy atom. The van der Waals surface area contributed by atoms with Crippen molar-refractivity contribution in [3.05, 3.63) is 72.2 Å². The highest BCUT2D eigenvalue weighted by Crippen LogP contribution is 2.38. The van der Waals surface area contributed by atoms with Crippen LogP contribution < -0.4 is 0 Å². The zero-order chi connectivity index (χ0) is 20.6. The number of benzene rings is 2. The molecular weight excluding hydrogens is 487 g/mol. The van der Waals surface area contributed by atoms with Crippen molar-refractivity contribution in [3.8, 4) is 22.4 Å². The monoisotopic (exact) mass is 493 g/mol. The molecule has 0 fully saturated rings. The minimum atomic E-state index is -1.04. The predicted molar refractivity (Wildman–Crippen MR) is 117 cm³/mol. The summed E-state index contributed by atoms with van der Waals surface area (Å²) in [6.45, 7) is 0. The molecule has 3 aromatic rings. The largest absolute Gasteiger partial charge is 0.481 e. The van der Waals surface area contributed by atoms with E-state index in [0.29, 0.717) is 28.1 Å². The Morgan fingerprint density at radius 2 is 1.25 bits per heavy atom. The lowest BCUT2D eigenvalue weighted by molar-refractivity contribution is -0.136. The maximum atomic E-state index is 11.4. The molecule has 0 aliphatic carbocycles. The van der Waals surface area contributed by atoms with E-state index in [1.54, 1.807) is 36.4 Å². The van der Waals surface area contributed by atoms with Crippen LogP contribution in [0.4, 0.5) is 0 Å². The molecule has 0 amide bonds. The Labute approximate surface area is 190 Å². The third-order valence-electron chi connectivity index (χ3n) is 3.87. The third kappa shape index (κ3) is 4.51. The van der Waals surface area contributed by atoms with Gasteiger partial charge in [0, 0.05) is 11.1 Å². The highest BCUT2D eigenvalue weighted by atomic mass is 35.5. The molecule has 0 radical (unpaired) electrons. The summed E-state index contributed by atoms with van der Waals surface area (Å²) in [5.41, 5.74) is 2.58. The summed E-state index contributed by atoms with van der Waals surface area (Å²) in [7, 11) is 0. The molecule has 2 aromatic carbocycles. The Kier molecular flexibility index (Phi) is 6.65. The van der Waals surface area contributed by atoms with Crippen molar-refractivity contribution in [1.82, 2.24) is 4.98 Å². The quantitative estimate of drug-likeness (QED) is 0.373. The normalized spacial score (nSPS) is 10.9. The van der Waals surface area contributed by atoms with Gasteiger partial charge in [-0.05, 0) is 35.9 Å². The summed E-state index contributed by atoms with van der Waals surface area (Å²) in [6.07, 6.45) is -0.309. The van der Waals surface area contributed by atoms with Crippen LogP contribution in [0.5, 0.6) is 0 Å². The molecule has 3 nitrogen and oxygen atoms in total. The second-order valence-corrected chi connectivity index (χ2v) is 8.15. The van der Waals surface area contributed by atoms with Crippen molar-refractivity contribution in [2.75, 3.05) is 0 Å². The number of carboxylic acid groups (broad SMARTS) is 1. The maximum absolute atomic E-state index is 11.4. The van der Waals surface area contributed by atoms with Crippen LogP contribution in [-0.4, -0.2) is 16.1 Å². The van der Waals surface area contributed by atoms with Gasteiger partial charge in [0.25, 0.3) is 0 Å². The number of carboxylic acids is 1. The lowest BCUT2D eigenvalue weighted by Gasteiger charge is -2.12. The minimum absolute atomic E-state index is 0.224. The maximum Gasteiger partial charge on any atom is 0.309 e. The van der Waals surface area contributed by atoms with Gasteiger partial charge in [-0.2, -0.15) is 0 Å². The number of hydrogen-bond acceptors (Lipinski definition) is 2. The van der Waals surface area contributed by atoms with Gasteiger partial charge in [0.1, 0.15) is 0 Å². The van der Waals surface area contributed by atoms with Crippen LogP contribution in [0.2, 0.25) is 30.1 Å². The summed E-state index contributed by atoms with van der Waals surface area (Å²) in [4.78, 5) is 15.9. The lowest BCUT2D eigenvalue weighted by Crippen LogP contribution is -2.05. The molecule has 1 heterocycles. The number of carbonyl (C=O) groups is 1. The third-order valence-corrected chi connectivity index (χ3v) is 6.26. The number of aliphatic carboxylic acids is 1. The molecule has 28 heavy (non-hydrogen) atoms. The first-order valence-electron chi connectivity index (χ1n) is 7.69. The molecule has 0 spiro atoms. The number of halogens is 6. The number of rotatable bonds is 4. The van der Waals surface area contributed by atoms with Crippen molar-refractivity contribution in [2.24, 2.45) is 0 Å². The predicted octanol–water partition coefficient (Wildman–Crippen LogP) is 7.96. The van der Waals surface area contributed by atoms with Crippen molar-refractivity contribution >= 4 is 75.6 Å². The smallest absolute Gasteiger partial charge is 0.309 e. The van der Waals surface area contributed by atoms with Gasteiger partial charge >= 0.3 is 5.97 Å². The van der Waals surface area contributed by atoms with E-state index in [2.05, 4.69) is 4.98 Å². The molecule has 3 rings (SSSR count). The van der Waals surface area contributed by atoms with E-state index in [4.69, 9.17) is 69.6 Å². The number of nitrogens with zero attached hydrogens (tertiary/aromatic N) is 1. The van der Waals surface area contributed by atoms with Crippen LogP contribution in [-0.2, 0) is 11.2 Å². The van der Waals surface area contributed by atoms with Crippen LogP contribution in [0.3, 0.4) is 0 Å². The van der Waals surface area contributed by atoms with Crippen LogP contribution in [0.1, 0.15) is 5.69 Å². The molecule has 9 heteroatoms. The summed E-state index contributed by atoms with van der Waals surface area (Å²) < 4.78 is 0. The minimum Gasteiger partial charge on any atom is -0.481 e. The van der Waals surface area contributed by atoms with E-state index < -0.39 is 5.97 Å². The van der Waals surface area contributed by atoms with E-state index in [0.717, 1.165) is 0 Å². The Bertz CT molecular complexity index is 1050. The van der Waals surface area contributed by atoms with Gasteiger partial charge in [-0.25, -0.2) is 0 Å². The SMILES string of the molecule is O=C(O)Cc1nc(-c2cc(Cl)c(Cl)c(Cl)c2)ccc1-c1cc(Cl)c(Cl)c(Cl)c1. The first-order valence-corrected chi connectivity index (χ1v) is 9.95. The fraction of sp³-hybridized carbons (Fsp3) is 0.0526. The topological polar surface area (TPSA) is 50.2 Å². The summed E-state index contributed by atoms with van der Waals surface area (Å²) >= 11 is 36.4. The van der Waals surface area contributed by atoms with Gasteiger partial charge in [0.2, 0.25) is 0 Å². The van der Waals surface area contributed by atoms with Gasteiger partial charge in [-0.1, -0.05) is 75.7 Å². The molecule has 0 saturated heterocycles. The summed E-state index contributed by atoms with van der Waals surface area (Å²) in [5.74, 6) is -1.04. The van der Waals surface area contributed by atoms with E-state index in [-0.39, 0.29) is 36.6 Å². The highest BCUT2D eigenvalue weighted by molar-refractivity contribution is 6.49. The van der Waals surface area contributed by atoms with Crippen molar-refractivity contribution in [2.45, 2.75) is 6.42 Å². The second-order valence-electron chi connectivity index (χ2n) is 5.77. The van der Waals surface area contributed by atoms with E-state index in [1.165, 1.54) is 0 Å². The van der Waals surface area contributed by atoms with Gasteiger partial charge in [-0.3, -0.25) is 9.78 Å². The van der Waals surface area contributed by atoms with Crippen LogP contribution >= 0.6 is 69.6 Å². The van der Waals surface area contributed by atoms with Crippen LogP contribution in [0, 0.1) is 0 Å². The average Bonchev–Trinajstić information content (AvgIpc) is 2.62. The van der Waals surface area contributed by atoms with Crippen molar-refractivity contribution in [1.29, 1.82) is 0 Å². The van der Waals surface area contributed by atoms with Crippen molar-refractivity contribution in [3.63, 3.8) is 0 Å². The number of aromatic nitrogens is 1. The second kappa shape index (κ2) is 8.66. The molecular formula is C19H9Cl6NO2. The van der Waals surface area contributed by atoms with Gasteiger partial charge in [-0.15, -0.1) is 0 Å². The van der Waals surface area contributed by atoms with E-state index in [1.807, 2.05) is 0 Å². The van der Waals surface area contributed by atoms with E-state index >= 15 is 0 Å². The summed E-state index contributed by atoms with van der Waals surface area (Å²) in [5, 5.41) is 10.8. The molecule has 0 aliphatic heterocycles. The molecule has 0 aliphatic rings. The first-order chi connectivity index (χ1) is 13.2. The molecule has 1 N–H and O–H groups in total. The molecule has 0 saturated carbocycles. The lowest BCUT2D eigenvalue weighted by atomic mass is 10.0. The fourth-order valence-electron chi connectivity index (χ4n) is 2.62. The molecule has 1 aromatic heterocycles. The summed E-state index contributed by atoms with van der Waals surface area (Å²) in [6, 6.07) is 9.87. The first kappa shape index (κ1) is 21.5. The van der Waals surface area contributed by atoms with Crippen LogP contribution in [0.25, 0.3) is 22.4 Å². The Balaban J connectivity index is 2.17. The Hall–Kier alpha value is -1.20. The zero-order valence-corrected chi connectivity index (χ0v) is 18.3. The molecule has 0 unspecified atom stereocenters. The molecule has 0 atom stereocenters. The van der Waals surface area contributed by atoms with Crippen LogP contribution in [0.15, 0.2) is 36.4 Å². The highest BCUT2D eigenvalue weighted by Gasteiger charge is 2.16.